The number of esters is 1. The zero-order valence-electron chi connectivity index (χ0n) is 16.9. The first-order chi connectivity index (χ1) is 12.7. The molecule has 1 aliphatic carbocycles. The van der Waals surface area contributed by atoms with Crippen LogP contribution < -0.4 is 0 Å². The first kappa shape index (κ1) is 20.1. The topological polar surface area (TPSA) is 44.1 Å². The Labute approximate surface area is 170 Å². The summed E-state index contributed by atoms with van der Waals surface area (Å²) < 4.78 is 8.63. The summed E-state index contributed by atoms with van der Waals surface area (Å²) in [5.74, 6) is -0.200. The van der Waals surface area contributed by atoms with Crippen LogP contribution in [0.1, 0.15) is 63.4 Å². The summed E-state index contributed by atoms with van der Waals surface area (Å²) in [7, 11) is 0. The molecule has 0 saturated heterocycles. The molecule has 0 spiro atoms. The summed E-state index contributed by atoms with van der Waals surface area (Å²) in [4.78, 5) is 12.5. The van der Waals surface area contributed by atoms with Crippen LogP contribution in [0.25, 0.3) is 5.69 Å². The number of para-hydroxylation sites is 1. The molecule has 0 amide bonds. The molecule has 1 aromatic carbocycles. The number of carbonyl (C=O) groups is 1. The number of aromatic nitrogens is 2. The third kappa shape index (κ3) is 4.13. The molecule has 0 radical (unpaired) electrons. The smallest absolute Gasteiger partial charge is 0.309 e. The van der Waals surface area contributed by atoms with Crippen LogP contribution in [-0.2, 0) is 35.2 Å². The highest BCUT2D eigenvalue weighted by Crippen LogP contribution is 2.35. The summed E-state index contributed by atoms with van der Waals surface area (Å²) in [5, 5.41) is 4.92. The minimum atomic E-state index is -0.450. The van der Waals surface area contributed by atoms with Gasteiger partial charge >= 0.3 is 5.97 Å². The molecule has 1 unspecified atom stereocenters. The molecule has 1 atom stereocenters. The van der Waals surface area contributed by atoms with Crippen molar-refractivity contribution in [3.8, 4) is 5.69 Å². The number of ether oxygens (including phenoxy) is 1. The third-order valence-corrected chi connectivity index (χ3v) is 5.92. The lowest BCUT2D eigenvalue weighted by atomic mass is 9.88. The van der Waals surface area contributed by atoms with E-state index in [9.17, 15) is 4.79 Å². The van der Waals surface area contributed by atoms with Gasteiger partial charge in [-0.05, 0) is 79.9 Å². The maximum Gasteiger partial charge on any atom is 0.309 e. The normalized spacial score (nSPS) is 16.9. The van der Waals surface area contributed by atoms with E-state index in [0.717, 1.165) is 41.5 Å². The Morgan fingerprint density at radius 1 is 1.26 bits per heavy atom. The van der Waals surface area contributed by atoms with Crippen molar-refractivity contribution in [3.05, 3.63) is 45.2 Å². The first-order valence-electron chi connectivity index (χ1n) is 9.85. The van der Waals surface area contributed by atoms with Crippen molar-refractivity contribution in [2.75, 3.05) is 0 Å². The van der Waals surface area contributed by atoms with Crippen LogP contribution in [0.15, 0.2) is 22.8 Å². The van der Waals surface area contributed by atoms with Gasteiger partial charge in [-0.1, -0.05) is 32.0 Å². The Kier molecular flexibility index (Phi) is 5.80. The molecular weight excluding hydrogens is 404 g/mol. The number of aryl methyl sites for hydroxylation is 3. The largest absolute Gasteiger partial charge is 0.460 e. The van der Waals surface area contributed by atoms with Gasteiger partial charge in [-0.25, -0.2) is 4.68 Å². The molecule has 0 bridgehead atoms. The number of benzene rings is 1. The SMILES string of the molecule is CCc1cccc(CC)c1-n1nc2c(c1Br)CC(C(=O)OC(C)(C)C)CC2. The van der Waals surface area contributed by atoms with Crippen molar-refractivity contribution in [2.24, 2.45) is 5.92 Å². The fourth-order valence-electron chi connectivity index (χ4n) is 3.76. The van der Waals surface area contributed by atoms with Gasteiger partial charge in [-0.3, -0.25) is 4.79 Å². The number of carbonyl (C=O) groups excluding carboxylic acids is 1. The maximum atomic E-state index is 12.5. The molecule has 1 aliphatic rings. The second-order valence-electron chi connectivity index (χ2n) is 8.23. The van der Waals surface area contributed by atoms with Crippen LogP contribution in [0.5, 0.6) is 0 Å². The molecule has 4 nitrogen and oxygen atoms in total. The molecule has 0 N–H and O–H groups in total. The van der Waals surface area contributed by atoms with Crippen molar-refractivity contribution in [1.82, 2.24) is 9.78 Å². The van der Waals surface area contributed by atoms with Crippen LogP contribution in [-0.4, -0.2) is 21.4 Å². The monoisotopic (exact) mass is 432 g/mol. The minimum absolute atomic E-state index is 0.0993. The summed E-state index contributed by atoms with van der Waals surface area (Å²) >= 11 is 3.79. The van der Waals surface area contributed by atoms with E-state index in [0.29, 0.717) is 6.42 Å². The zero-order valence-corrected chi connectivity index (χ0v) is 18.5. The number of rotatable bonds is 4. The van der Waals surface area contributed by atoms with Gasteiger partial charge in [-0.2, -0.15) is 5.10 Å². The van der Waals surface area contributed by atoms with Gasteiger partial charge < -0.3 is 4.74 Å². The molecule has 2 aromatic rings. The fraction of sp³-hybridized carbons (Fsp3) is 0.545. The van der Waals surface area contributed by atoms with Gasteiger partial charge in [0.25, 0.3) is 0 Å². The van der Waals surface area contributed by atoms with E-state index in [1.807, 2.05) is 25.5 Å². The van der Waals surface area contributed by atoms with Gasteiger partial charge in [0.2, 0.25) is 0 Å². The van der Waals surface area contributed by atoms with E-state index in [1.54, 1.807) is 0 Å². The molecule has 5 heteroatoms. The van der Waals surface area contributed by atoms with E-state index < -0.39 is 5.60 Å². The Bertz CT molecular complexity index is 826. The predicted molar refractivity (Wildman–Crippen MR) is 111 cm³/mol. The van der Waals surface area contributed by atoms with Crippen molar-refractivity contribution in [1.29, 1.82) is 0 Å². The van der Waals surface area contributed by atoms with E-state index in [2.05, 4.69) is 48.0 Å². The minimum Gasteiger partial charge on any atom is -0.460 e. The Morgan fingerprint density at radius 3 is 2.44 bits per heavy atom. The summed E-state index contributed by atoms with van der Waals surface area (Å²) in [6.07, 6.45) is 4.20. The molecular formula is C22H29BrN2O2. The molecule has 146 valence electrons. The number of nitrogens with zero attached hydrogens (tertiary/aromatic N) is 2. The summed E-state index contributed by atoms with van der Waals surface area (Å²) in [6.45, 7) is 10.1. The predicted octanol–water partition coefficient (Wildman–Crippen LogP) is 5.21. The Morgan fingerprint density at radius 2 is 1.89 bits per heavy atom. The van der Waals surface area contributed by atoms with E-state index in [-0.39, 0.29) is 11.9 Å². The van der Waals surface area contributed by atoms with Crippen molar-refractivity contribution in [2.45, 2.75) is 72.3 Å². The number of fused-ring (bicyclic) bond motifs is 1. The highest BCUT2D eigenvalue weighted by Gasteiger charge is 2.32. The highest BCUT2D eigenvalue weighted by molar-refractivity contribution is 9.10. The quantitative estimate of drug-likeness (QED) is 0.622. The van der Waals surface area contributed by atoms with Crippen LogP contribution in [0.2, 0.25) is 0 Å². The number of halogens is 1. The fourth-order valence-corrected chi connectivity index (χ4v) is 4.40. The lowest BCUT2D eigenvalue weighted by molar-refractivity contribution is -0.160. The molecule has 27 heavy (non-hydrogen) atoms. The standard InChI is InChI=1S/C22H29BrN2O2/c1-6-14-9-8-10-15(7-2)19(14)25-20(23)17-13-16(11-12-18(17)24-25)21(26)27-22(3,4)5/h8-10,16H,6-7,11-13H2,1-5H3. The molecule has 0 aliphatic heterocycles. The molecule has 0 fully saturated rings. The van der Waals surface area contributed by atoms with Crippen molar-refractivity contribution >= 4 is 21.9 Å². The second-order valence-corrected chi connectivity index (χ2v) is 8.98. The Hall–Kier alpha value is -1.62. The van der Waals surface area contributed by atoms with E-state index in [4.69, 9.17) is 9.84 Å². The maximum absolute atomic E-state index is 12.5. The molecule has 1 aromatic heterocycles. The van der Waals surface area contributed by atoms with Crippen LogP contribution in [0.4, 0.5) is 0 Å². The van der Waals surface area contributed by atoms with Gasteiger partial charge in [0, 0.05) is 5.56 Å². The lowest BCUT2D eigenvalue weighted by Gasteiger charge is -2.25. The first-order valence-corrected chi connectivity index (χ1v) is 10.6. The van der Waals surface area contributed by atoms with Crippen LogP contribution in [0, 0.1) is 5.92 Å². The zero-order chi connectivity index (χ0) is 19.8. The van der Waals surface area contributed by atoms with E-state index >= 15 is 0 Å². The third-order valence-electron chi connectivity index (χ3n) is 5.10. The van der Waals surface area contributed by atoms with Gasteiger partial charge in [0.05, 0.1) is 17.3 Å². The van der Waals surface area contributed by atoms with Gasteiger partial charge in [0.15, 0.2) is 0 Å². The number of hydrogen-bond donors (Lipinski definition) is 0. The summed E-state index contributed by atoms with van der Waals surface area (Å²) in [6, 6.07) is 6.47. The van der Waals surface area contributed by atoms with Crippen LogP contribution >= 0.6 is 15.9 Å². The average Bonchev–Trinajstić information content (AvgIpc) is 2.95. The second kappa shape index (κ2) is 7.78. The molecule has 0 saturated carbocycles. The number of hydrogen-bond acceptors (Lipinski definition) is 3. The Balaban J connectivity index is 1.96. The molecule has 1 heterocycles. The average molecular weight is 433 g/mol. The van der Waals surface area contributed by atoms with Crippen LogP contribution in [0.3, 0.4) is 0 Å². The lowest BCUT2D eigenvalue weighted by Crippen LogP contribution is -2.31. The van der Waals surface area contributed by atoms with Crippen molar-refractivity contribution in [3.63, 3.8) is 0 Å². The summed E-state index contributed by atoms with van der Waals surface area (Å²) in [5.41, 5.74) is 5.55. The van der Waals surface area contributed by atoms with Gasteiger partial charge in [-0.15, -0.1) is 0 Å². The highest BCUT2D eigenvalue weighted by atomic mass is 79.9. The van der Waals surface area contributed by atoms with E-state index in [1.165, 1.54) is 16.8 Å². The van der Waals surface area contributed by atoms with Crippen molar-refractivity contribution < 1.29 is 9.53 Å². The van der Waals surface area contributed by atoms with Gasteiger partial charge in [0.1, 0.15) is 10.2 Å². The molecule has 3 rings (SSSR count).